The monoisotopic (exact) mass is 205 g/mol. The minimum atomic E-state index is -2.39. The maximum atomic E-state index is 11.6. The van der Waals surface area contributed by atoms with E-state index in [4.69, 9.17) is 0 Å². The molecule has 0 aliphatic heterocycles. The lowest BCUT2D eigenvalue weighted by molar-refractivity contribution is 0.0187. The van der Waals surface area contributed by atoms with Crippen LogP contribution in [0.2, 0.25) is 0 Å². The van der Waals surface area contributed by atoms with Crippen molar-refractivity contribution in [3.63, 3.8) is 0 Å². The molecule has 2 N–H and O–H groups in total. The average molecular weight is 205 g/mol. The highest BCUT2D eigenvalue weighted by Crippen LogP contribution is 1.92. The lowest BCUT2D eigenvalue weighted by atomic mass is 10.5. The molecule has 0 amide bonds. The van der Waals surface area contributed by atoms with Crippen LogP contribution in [-0.2, 0) is 11.3 Å². The molecule has 14 heavy (non-hydrogen) atoms. The van der Waals surface area contributed by atoms with Gasteiger partial charge >= 0.3 is 0 Å². The van der Waals surface area contributed by atoms with Crippen LogP contribution < -0.4 is 5.32 Å². The fourth-order valence-electron chi connectivity index (χ4n) is 0.921. The van der Waals surface area contributed by atoms with Crippen LogP contribution in [0.4, 0.5) is 8.78 Å². The summed E-state index contributed by atoms with van der Waals surface area (Å²) in [6.45, 7) is 0.980. The lowest BCUT2D eigenvalue weighted by Crippen LogP contribution is -2.20. The fourth-order valence-corrected chi connectivity index (χ4v) is 0.921. The van der Waals surface area contributed by atoms with Gasteiger partial charge in [-0.15, -0.1) is 0 Å². The molecule has 1 heterocycles. The van der Waals surface area contributed by atoms with E-state index in [9.17, 15) is 8.78 Å². The van der Waals surface area contributed by atoms with Crippen LogP contribution in [0.25, 0.3) is 0 Å². The Hall–Kier alpha value is -1.01. The molecule has 0 aromatic carbocycles. The molecule has 1 aromatic rings. The molecule has 0 radical (unpaired) electrons. The highest BCUT2D eigenvalue weighted by Gasteiger charge is 2.00. The number of alkyl halides is 2. The molecule has 1 aromatic heterocycles. The van der Waals surface area contributed by atoms with Crippen LogP contribution in [0, 0.1) is 0 Å². The summed E-state index contributed by atoms with van der Waals surface area (Å²) in [6.07, 6.45) is 0.903. The highest BCUT2D eigenvalue weighted by molar-refractivity contribution is 4.92. The molecule has 4 nitrogen and oxygen atoms in total. The number of imidazole rings is 1. The maximum absolute atomic E-state index is 11.6. The van der Waals surface area contributed by atoms with Gasteiger partial charge in [-0.1, -0.05) is 0 Å². The lowest BCUT2D eigenvalue weighted by Gasteiger charge is -2.04. The van der Waals surface area contributed by atoms with Gasteiger partial charge in [-0.05, 0) is 0 Å². The summed E-state index contributed by atoms with van der Waals surface area (Å²) in [5.74, 6) is 0. The first-order valence-electron chi connectivity index (χ1n) is 4.33. The van der Waals surface area contributed by atoms with E-state index in [1.165, 1.54) is 0 Å². The van der Waals surface area contributed by atoms with E-state index in [1.807, 2.05) is 0 Å². The number of ether oxygens (including phenoxy) is 1. The van der Waals surface area contributed by atoms with Gasteiger partial charge < -0.3 is 15.0 Å². The van der Waals surface area contributed by atoms with Gasteiger partial charge in [0, 0.05) is 25.0 Å². The zero-order chi connectivity index (χ0) is 10.2. The zero-order valence-corrected chi connectivity index (χ0v) is 7.67. The zero-order valence-electron chi connectivity index (χ0n) is 7.67. The smallest absolute Gasteiger partial charge is 0.261 e. The number of aromatic nitrogens is 2. The molecule has 0 saturated carbocycles. The van der Waals surface area contributed by atoms with E-state index in [0.29, 0.717) is 19.7 Å². The van der Waals surface area contributed by atoms with Crippen LogP contribution in [0.1, 0.15) is 5.69 Å². The van der Waals surface area contributed by atoms with Crippen LogP contribution in [0.15, 0.2) is 12.5 Å². The maximum Gasteiger partial charge on any atom is 0.261 e. The Morgan fingerprint density at radius 1 is 1.57 bits per heavy atom. The normalized spacial score (nSPS) is 11.1. The first kappa shape index (κ1) is 11.1. The van der Waals surface area contributed by atoms with Gasteiger partial charge in [0.2, 0.25) is 0 Å². The van der Waals surface area contributed by atoms with Crippen LogP contribution >= 0.6 is 0 Å². The average Bonchev–Trinajstić information content (AvgIpc) is 2.63. The third-order valence-corrected chi connectivity index (χ3v) is 1.54. The Kier molecular flexibility index (Phi) is 5.09. The van der Waals surface area contributed by atoms with E-state index in [2.05, 4.69) is 20.0 Å². The SMILES string of the molecule is FC(F)COCCNCc1cnc[nH]1. The van der Waals surface area contributed by atoms with E-state index >= 15 is 0 Å². The summed E-state index contributed by atoms with van der Waals surface area (Å²) >= 11 is 0. The third-order valence-electron chi connectivity index (χ3n) is 1.54. The predicted octanol–water partition coefficient (Wildman–Crippen LogP) is 0.781. The Bertz CT molecular complexity index is 229. The number of nitrogens with zero attached hydrogens (tertiary/aromatic N) is 1. The Labute approximate surface area is 80.7 Å². The molecular formula is C8H13F2N3O. The molecule has 0 saturated heterocycles. The van der Waals surface area contributed by atoms with Crippen molar-refractivity contribution in [2.24, 2.45) is 0 Å². The van der Waals surface area contributed by atoms with Crippen molar-refractivity contribution in [3.8, 4) is 0 Å². The Balaban J connectivity index is 1.90. The van der Waals surface area contributed by atoms with Crippen LogP contribution in [0.3, 0.4) is 0 Å². The van der Waals surface area contributed by atoms with Gasteiger partial charge in [-0.3, -0.25) is 0 Å². The van der Waals surface area contributed by atoms with E-state index in [0.717, 1.165) is 5.69 Å². The van der Waals surface area contributed by atoms with Gasteiger partial charge in [-0.2, -0.15) is 0 Å². The van der Waals surface area contributed by atoms with Crippen molar-refractivity contribution in [2.75, 3.05) is 19.8 Å². The molecular weight excluding hydrogens is 192 g/mol. The summed E-state index contributed by atoms with van der Waals surface area (Å²) in [5, 5.41) is 3.02. The number of hydrogen-bond acceptors (Lipinski definition) is 3. The fraction of sp³-hybridized carbons (Fsp3) is 0.625. The Morgan fingerprint density at radius 3 is 3.07 bits per heavy atom. The molecule has 6 heteroatoms. The quantitative estimate of drug-likeness (QED) is 0.647. The van der Waals surface area contributed by atoms with Crippen molar-refractivity contribution >= 4 is 0 Å². The van der Waals surface area contributed by atoms with Crippen LogP contribution in [-0.4, -0.2) is 36.2 Å². The second-order valence-electron chi connectivity index (χ2n) is 2.72. The molecule has 80 valence electrons. The van der Waals surface area contributed by atoms with Crippen molar-refractivity contribution in [1.29, 1.82) is 0 Å². The highest BCUT2D eigenvalue weighted by atomic mass is 19.3. The summed E-state index contributed by atoms with van der Waals surface area (Å²) in [5.41, 5.74) is 0.957. The third kappa shape index (κ3) is 4.88. The molecule has 0 bridgehead atoms. The molecule has 0 aliphatic rings. The number of rotatable bonds is 7. The number of hydrogen-bond donors (Lipinski definition) is 2. The molecule has 0 spiro atoms. The van der Waals surface area contributed by atoms with Crippen molar-refractivity contribution in [1.82, 2.24) is 15.3 Å². The summed E-state index contributed by atoms with van der Waals surface area (Å²) in [7, 11) is 0. The van der Waals surface area contributed by atoms with Gasteiger partial charge in [0.25, 0.3) is 6.43 Å². The molecule has 0 aliphatic carbocycles. The molecule has 0 fully saturated rings. The van der Waals surface area contributed by atoms with Crippen molar-refractivity contribution < 1.29 is 13.5 Å². The molecule has 1 rings (SSSR count). The van der Waals surface area contributed by atoms with Crippen LogP contribution in [0.5, 0.6) is 0 Å². The van der Waals surface area contributed by atoms with Gasteiger partial charge in [-0.25, -0.2) is 13.8 Å². The van der Waals surface area contributed by atoms with Crippen molar-refractivity contribution in [2.45, 2.75) is 13.0 Å². The van der Waals surface area contributed by atoms with Crippen molar-refractivity contribution in [3.05, 3.63) is 18.2 Å². The van der Waals surface area contributed by atoms with E-state index < -0.39 is 13.0 Å². The molecule has 0 atom stereocenters. The minimum Gasteiger partial charge on any atom is -0.374 e. The predicted molar refractivity (Wildman–Crippen MR) is 47.1 cm³/mol. The first-order valence-corrected chi connectivity index (χ1v) is 4.33. The largest absolute Gasteiger partial charge is 0.374 e. The molecule has 0 unspecified atom stereocenters. The van der Waals surface area contributed by atoms with Gasteiger partial charge in [0.05, 0.1) is 12.9 Å². The minimum absolute atomic E-state index is 0.290. The topological polar surface area (TPSA) is 49.9 Å². The first-order chi connectivity index (χ1) is 6.79. The second kappa shape index (κ2) is 6.44. The number of H-pyrrole nitrogens is 1. The summed E-state index contributed by atoms with van der Waals surface area (Å²) < 4.78 is 27.9. The van der Waals surface area contributed by atoms with E-state index in [-0.39, 0.29) is 0 Å². The van der Waals surface area contributed by atoms with Gasteiger partial charge in [0.1, 0.15) is 6.61 Å². The second-order valence-corrected chi connectivity index (χ2v) is 2.72. The summed E-state index contributed by atoms with van der Waals surface area (Å²) in [4.78, 5) is 6.75. The summed E-state index contributed by atoms with van der Waals surface area (Å²) in [6, 6.07) is 0. The number of halogens is 2. The number of aromatic amines is 1. The van der Waals surface area contributed by atoms with E-state index in [1.54, 1.807) is 12.5 Å². The number of nitrogens with one attached hydrogen (secondary N) is 2. The van der Waals surface area contributed by atoms with Gasteiger partial charge in [0.15, 0.2) is 0 Å². The standard InChI is InChI=1S/C8H13F2N3O/c9-8(10)5-14-2-1-11-3-7-4-12-6-13-7/h4,6,8,11H,1-3,5H2,(H,12,13). The Morgan fingerprint density at radius 2 is 2.43 bits per heavy atom.